The van der Waals surface area contributed by atoms with Crippen molar-refractivity contribution in [1.29, 1.82) is 0 Å². The monoisotopic (exact) mass is 446 g/mol. The van der Waals surface area contributed by atoms with E-state index in [1.165, 1.54) is 24.1 Å². The van der Waals surface area contributed by atoms with Crippen molar-refractivity contribution < 1.29 is 0 Å². The van der Waals surface area contributed by atoms with E-state index >= 15 is 0 Å². The predicted octanol–water partition coefficient (Wildman–Crippen LogP) is 3.96. The third-order valence-corrected chi connectivity index (χ3v) is 6.96. The zero-order valence-corrected chi connectivity index (χ0v) is 17.6. The minimum atomic E-state index is 0.0566. The lowest BCUT2D eigenvalue weighted by molar-refractivity contribution is 0.174. The summed E-state index contributed by atoms with van der Waals surface area (Å²) in [4.78, 5) is 24.8. The van der Waals surface area contributed by atoms with Crippen molar-refractivity contribution in [3.05, 3.63) is 55.8 Å². The Labute approximate surface area is 171 Å². The molecule has 0 N–H and O–H groups in total. The van der Waals surface area contributed by atoms with E-state index in [4.69, 9.17) is 0 Å². The van der Waals surface area contributed by atoms with Gasteiger partial charge in [0.1, 0.15) is 0 Å². The van der Waals surface area contributed by atoms with Crippen molar-refractivity contribution >= 4 is 38.3 Å². The number of thiazole rings is 1. The summed E-state index contributed by atoms with van der Waals surface area (Å²) in [6, 6.07) is 7.31. The van der Waals surface area contributed by atoms with E-state index in [0.717, 1.165) is 53.5 Å². The molecule has 0 radical (unpaired) electrons. The molecule has 7 heteroatoms. The zero-order valence-electron chi connectivity index (χ0n) is 15.2. The van der Waals surface area contributed by atoms with Gasteiger partial charge in [0.25, 0.3) is 5.56 Å². The lowest BCUT2D eigenvalue weighted by Crippen LogP contribution is -2.37. The molecule has 1 aliphatic heterocycles. The van der Waals surface area contributed by atoms with Gasteiger partial charge in [0.2, 0.25) is 0 Å². The SMILES string of the molecule is O=c1ccc2ncccc2n1CCN1CCC(CCc2cnc(Br)s2)CC1. The second-order valence-corrected chi connectivity index (χ2v) is 9.53. The van der Waals surface area contributed by atoms with Gasteiger partial charge in [-0.15, -0.1) is 11.3 Å². The first-order valence-corrected chi connectivity index (χ1v) is 11.1. The van der Waals surface area contributed by atoms with Crippen LogP contribution < -0.4 is 5.56 Å². The third kappa shape index (κ3) is 4.65. The number of hydrogen-bond donors (Lipinski definition) is 0. The minimum Gasteiger partial charge on any atom is -0.305 e. The molecule has 1 aliphatic rings. The van der Waals surface area contributed by atoms with Gasteiger partial charge in [-0.05, 0) is 78.8 Å². The van der Waals surface area contributed by atoms with E-state index in [-0.39, 0.29) is 5.56 Å². The van der Waals surface area contributed by atoms with Crippen molar-refractivity contribution in [2.24, 2.45) is 5.92 Å². The summed E-state index contributed by atoms with van der Waals surface area (Å²) in [5.74, 6) is 0.798. The van der Waals surface area contributed by atoms with Gasteiger partial charge in [-0.25, -0.2) is 4.98 Å². The maximum absolute atomic E-state index is 12.3. The molecule has 142 valence electrons. The number of rotatable bonds is 6. The Morgan fingerprint density at radius 2 is 2.00 bits per heavy atom. The van der Waals surface area contributed by atoms with Crippen LogP contribution >= 0.6 is 27.3 Å². The van der Waals surface area contributed by atoms with E-state index < -0.39 is 0 Å². The number of hydrogen-bond acceptors (Lipinski definition) is 5. The van der Waals surface area contributed by atoms with Crippen molar-refractivity contribution in [3.63, 3.8) is 0 Å². The van der Waals surface area contributed by atoms with Crippen molar-refractivity contribution in [2.75, 3.05) is 19.6 Å². The Balaban J connectivity index is 1.29. The third-order valence-electron chi connectivity index (χ3n) is 5.43. The fourth-order valence-electron chi connectivity index (χ4n) is 3.84. The van der Waals surface area contributed by atoms with E-state index in [0.29, 0.717) is 0 Å². The molecule has 5 nitrogen and oxygen atoms in total. The van der Waals surface area contributed by atoms with Crippen molar-refractivity contribution in [2.45, 2.75) is 32.2 Å². The molecule has 0 atom stereocenters. The smallest absolute Gasteiger partial charge is 0.251 e. The Hall–Kier alpha value is -1.57. The summed E-state index contributed by atoms with van der Waals surface area (Å²) in [6.45, 7) is 3.88. The van der Waals surface area contributed by atoms with Crippen LogP contribution in [0.4, 0.5) is 0 Å². The van der Waals surface area contributed by atoms with Crippen LogP contribution in [0.2, 0.25) is 0 Å². The van der Waals surface area contributed by atoms with Crippen LogP contribution in [0.5, 0.6) is 0 Å². The lowest BCUT2D eigenvalue weighted by Gasteiger charge is -2.32. The molecule has 0 aromatic carbocycles. The number of aryl methyl sites for hydroxylation is 1. The average molecular weight is 447 g/mol. The number of aromatic nitrogens is 3. The highest BCUT2D eigenvalue weighted by Gasteiger charge is 2.19. The number of nitrogens with zero attached hydrogens (tertiary/aromatic N) is 4. The first-order valence-electron chi connectivity index (χ1n) is 9.46. The van der Waals surface area contributed by atoms with Gasteiger partial charge >= 0.3 is 0 Å². The summed E-state index contributed by atoms with van der Waals surface area (Å²) in [6.07, 6.45) is 8.62. The van der Waals surface area contributed by atoms with Gasteiger partial charge in [-0.2, -0.15) is 0 Å². The second-order valence-electron chi connectivity index (χ2n) is 7.13. The molecule has 0 spiro atoms. The van der Waals surface area contributed by atoms with Crippen LogP contribution in [0.15, 0.2) is 45.4 Å². The minimum absolute atomic E-state index is 0.0566. The Kier molecular flexibility index (Phi) is 6.00. The second kappa shape index (κ2) is 8.63. The summed E-state index contributed by atoms with van der Waals surface area (Å²) >= 11 is 5.18. The number of fused-ring (bicyclic) bond motifs is 1. The van der Waals surface area contributed by atoms with Crippen molar-refractivity contribution in [1.82, 2.24) is 19.4 Å². The summed E-state index contributed by atoms with van der Waals surface area (Å²) in [7, 11) is 0. The van der Waals surface area contributed by atoms with Gasteiger partial charge in [0.15, 0.2) is 3.92 Å². The molecule has 3 aromatic rings. The maximum atomic E-state index is 12.3. The summed E-state index contributed by atoms with van der Waals surface area (Å²) in [5, 5.41) is 0. The molecule has 4 heterocycles. The molecular formula is C20H23BrN4OS. The normalized spacial score (nSPS) is 16.2. The number of piperidine rings is 1. The van der Waals surface area contributed by atoms with Gasteiger partial charge in [-0.1, -0.05) is 0 Å². The van der Waals surface area contributed by atoms with E-state index in [1.807, 2.05) is 22.9 Å². The molecule has 0 unspecified atom stereocenters. The number of pyridine rings is 2. The molecule has 27 heavy (non-hydrogen) atoms. The fraction of sp³-hybridized carbons (Fsp3) is 0.450. The fourth-order valence-corrected chi connectivity index (χ4v) is 5.21. The molecule has 0 aliphatic carbocycles. The van der Waals surface area contributed by atoms with Gasteiger partial charge in [0, 0.05) is 36.4 Å². The first-order chi connectivity index (χ1) is 13.2. The summed E-state index contributed by atoms with van der Waals surface area (Å²) in [5.41, 5.74) is 1.86. The molecule has 4 rings (SSSR count). The van der Waals surface area contributed by atoms with Crippen LogP contribution in [0.3, 0.4) is 0 Å². The topological polar surface area (TPSA) is 51.0 Å². The van der Waals surface area contributed by atoms with E-state index in [1.54, 1.807) is 29.7 Å². The Morgan fingerprint density at radius 1 is 1.15 bits per heavy atom. The highest BCUT2D eigenvalue weighted by atomic mass is 79.9. The van der Waals surface area contributed by atoms with E-state index in [2.05, 4.69) is 30.8 Å². The highest BCUT2D eigenvalue weighted by Crippen LogP contribution is 2.25. The zero-order chi connectivity index (χ0) is 18.6. The lowest BCUT2D eigenvalue weighted by atomic mass is 9.92. The van der Waals surface area contributed by atoms with Crippen LogP contribution in [0.1, 0.15) is 24.1 Å². The Morgan fingerprint density at radius 3 is 2.78 bits per heavy atom. The molecular weight excluding hydrogens is 424 g/mol. The van der Waals surface area contributed by atoms with Crippen LogP contribution in [-0.4, -0.2) is 39.1 Å². The average Bonchev–Trinajstić information content (AvgIpc) is 3.12. The molecule has 0 amide bonds. The van der Waals surface area contributed by atoms with Gasteiger partial charge in [0.05, 0.1) is 11.0 Å². The maximum Gasteiger partial charge on any atom is 0.251 e. The van der Waals surface area contributed by atoms with Gasteiger partial charge in [-0.3, -0.25) is 9.78 Å². The largest absolute Gasteiger partial charge is 0.305 e. The van der Waals surface area contributed by atoms with Gasteiger partial charge < -0.3 is 9.47 Å². The quantitative estimate of drug-likeness (QED) is 0.574. The molecule has 1 fully saturated rings. The molecule has 1 saturated heterocycles. The molecule has 0 bridgehead atoms. The summed E-state index contributed by atoms with van der Waals surface area (Å²) < 4.78 is 2.84. The van der Waals surface area contributed by atoms with Crippen LogP contribution in [0.25, 0.3) is 11.0 Å². The number of likely N-dealkylation sites (tertiary alicyclic amines) is 1. The van der Waals surface area contributed by atoms with Crippen LogP contribution in [0, 0.1) is 5.92 Å². The number of halogens is 1. The van der Waals surface area contributed by atoms with Crippen LogP contribution in [-0.2, 0) is 13.0 Å². The van der Waals surface area contributed by atoms with Crippen molar-refractivity contribution in [3.8, 4) is 0 Å². The highest BCUT2D eigenvalue weighted by molar-refractivity contribution is 9.11. The molecule has 3 aromatic heterocycles. The standard InChI is InChI=1S/C20H23BrN4OS/c21-20-23-14-16(27-20)4-3-15-7-10-24(11-8-15)12-13-25-18-2-1-9-22-17(18)5-6-19(25)26/h1-2,5-6,9,14-15H,3-4,7-8,10-13H2. The first kappa shape index (κ1) is 18.8. The molecule has 0 saturated carbocycles. The Bertz CT molecular complexity index is 962. The van der Waals surface area contributed by atoms with E-state index in [9.17, 15) is 4.79 Å². The predicted molar refractivity (Wildman–Crippen MR) is 113 cm³/mol.